The zero-order valence-corrected chi connectivity index (χ0v) is 16.4. The zero-order valence-electron chi connectivity index (χ0n) is 16.4. The summed E-state index contributed by atoms with van der Waals surface area (Å²) < 4.78 is 5.04. The van der Waals surface area contributed by atoms with Crippen molar-refractivity contribution in [1.82, 2.24) is 5.01 Å². The molecule has 1 aliphatic rings. The fraction of sp³-hybridized carbons (Fsp3) is 0.125. The first-order chi connectivity index (χ1) is 14.5. The highest BCUT2D eigenvalue weighted by atomic mass is 16.5. The SMILES string of the molecule is CC(=O)Oc1ccc(-c2ccc(C(=O)N3C(=O)CCN3c3ccccc3)cc2)cc1. The van der Waals surface area contributed by atoms with Crippen molar-refractivity contribution in [3.8, 4) is 16.9 Å². The molecule has 1 aliphatic heterocycles. The second kappa shape index (κ2) is 8.21. The molecular weight excluding hydrogens is 380 g/mol. The molecule has 1 fully saturated rings. The molecule has 0 aliphatic carbocycles. The Hall–Kier alpha value is -3.93. The quantitative estimate of drug-likeness (QED) is 0.375. The number of imide groups is 1. The number of amides is 2. The first kappa shape index (κ1) is 19.4. The minimum absolute atomic E-state index is 0.214. The van der Waals surface area contributed by atoms with E-state index in [9.17, 15) is 14.4 Å². The molecule has 0 atom stereocenters. The van der Waals surface area contributed by atoms with Gasteiger partial charge in [0.05, 0.1) is 5.69 Å². The summed E-state index contributed by atoms with van der Waals surface area (Å²) in [5.41, 5.74) is 3.08. The summed E-state index contributed by atoms with van der Waals surface area (Å²) in [6, 6.07) is 23.6. The molecule has 0 radical (unpaired) electrons. The number of nitrogens with zero attached hydrogens (tertiary/aromatic N) is 2. The molecule has 3 aromatic carbocycles. The predicted molar refractivity (Wildman–Crippen MR) is 113 cm³/mol. The molecule has 4 rings (SSSR count). The van der Waals surface area contributed by atoms with E-state index < -0.39 is 0 Å². The van der Waals surface area contributed by atoms with E-state index in [-0.39, 0.29) is 17.8 Å². The molecule has 0 unspecified atom stereocenters. The number of para-hydroxylation sites is 1. The van der Waals surface area contributed by atoms with Crippen LogP contribution in [0.1, 0.15) is 23.7 Å². The van der Waals surface area contributed by atoms with Crippen molar-refractivity contribution in [2.45, 2.75) is 13.3 Å². The molecule has 3 aromatic rings. The van der Waals surface area contributed by atoms with Crippen LogP contribution in [0.5, 0.6) is 5.75 Å². The Morgan fingerprint density at radius 3 is 2.03 bits per heavy atom. The van der Waals surface area contributed by atoms with Gasteiger partial charge in [0.25, 0.3) is 5.91 Å². The van der Waals surface area contributed by atoms with E-state index in [4.69, 9.17) is 4.74 Å². The van der Waals surface area contributed by atoms with Crippen LogP contribution in [-0.4, -0.2) is 29.3 Å². The molecule has 0 bridgehead atoms. The molecule has 6 nitrogen and oxygen atoms in total. The lowest BCUT2D eigenvalue weighted by Crippen LogP contribution is -2.43. The Morgan fingerprint density at radius 1 is 0.833 bits per heavy atom. The average Bonchev–Trinajstić information content (AvgIpc) is 3.15. The number of hydrogen-bond donors (Lipinski definition) is 0. The number of carbonyl (C=O) groups excluding carboxylic acids is 3. The number of hydrogen-bond acceptors (Lipinski definition) is 5. The maximum Gasteiger partial charge on any atom is 0.308 e. The first-order valence-electron chi connectivity index (χ1n) is 9.61. The molecule has 0 spiro atoms. The van der Waals surface area contributed by atoms with Gasteiger partial charge in [0.1, 0.15) is 5.75 Å². The van der Waals surface area contributed by atoms with E-state index in [0.29, 0.717) is 24.3 Å². The van der Waals surface area contributed by atoms with Gasteiger partial charge in [-0.3, -0.25) is 19.4 Å². The van der Waals surface area contributed by atoms with Gasteiger partial charge in [0.15, 0.2) is 0 Å². The Kier molecular flexibility index (Phi) is 5.30. The summed E-state index contributed by atoms with van der Waals surface area (Å²) in [7, 11) is 0. The lowest BCUT2D eigenvalue weighted by Gasteiger charge is -2.28. The number of rotatable bonds is 4. The second-order valence-electron chi connectivity index (χ2n) is 6.91. The third-order valence-corrected chi connectivity index (χ3v) is 4.84. The van der Waals surface area contributed by atoms with E-state index in [1.165, 1.54) is 11.9 Å². The van der Waals surface area contributed by atoms with Gasteiger partial charge in [-0.15, -0.1) is 0 Å². The molecule has 0 aromatic heterocycles. The van der Waals surface area contributed by atoms with Crippen molar-refractivity contribution >= 4 is 23.5 Å². The van der Waals surface area contributed by atoms with Crippen molar-refractivity contribution in [3.05, 3.63) is 84.4 Å². The van der Waals surface area contributed by atoms with Crippen LogP contribution in [0.15, 0.2) is 78.9 Å². The fourth-order valence-corrected chi connectivity index (χ4v) is 3.42. The molecule has 1 saturated heterocycles. The smallest absolute Gasteiger partial charge is 0.308 e. The van der Waals surface area contributed by atoms with Crippen LogP contribution in [0.3, 0.4) is 0 Å². The maximum atomic E-state index is 13.1. The number of hydrazine groups is 1. The molecule has 6 heteroatoms. The van der Waals surface area contributed by atoms with E-state index in [0.717, 1.165) is 16.8 Å². The van der Waals surface area contributed by atoms with Gasteiger partial charge in [0.2, 0.25) is 5.91 Å². The highest BCUT2D eigenvalue weighted by Gasteiger charge is 2.35. The highest BCUT2D eigenvalue weighted by Crippen LogP contribution is 2.26. The van der Waals surface area contributed by atoms with Crippen molar-refractivity contribution in [1.29, 1.82) is 0 Å². The zero-order chi connectivity index (χ0) is 21.1. The van der Waals surface area contributed by atoms with E-state index in [1.54, 1.807) is 29.3 Å². The van der Waals surface area contributed by atoms with Crippen molar-refractivity contribution in [3.63, 3.8) is 0 Å². The van der Waals surface area contributed by atoms with Gasteiger partial charge in [-0.25, -0.2) is 0 Å². The minimum Gasteiger partial charge on any atom is -0.427 e. The monoisotopic (exact) mass is 400 g/mol. The second-order valence-corrected chi connectivity index (χ2v) is 6.91. The topological polar surface area (TPSA) is 66.9 Å². The fourth-order valence-electron chi connectivity index (χ4n) is 3.42. The number of benzene rings is 3. The van der Waals surface area contributed by atoms with Crippen molar-refractivity contribution in [2.24, 2.45) is 0 Å². The van der Waals surface area contributed by atoms with Crippen LogP contribution in [-0.2, 0) is 9.59 Å². The van der Waals surface area contributed by atoms with Gasteiger partial charge in [-0.2, -0.15) is 5.01 Å². The normalized spacial score (nSPS) is 13.4. The predicted octanol–water partition coefficient (Wildman–Crippen LogP) is 4.07. The van der Waals surface area contributed by atoms with Crippen LogP contribution >= 0.6 is 0 Å². The standard InChI is InChI=1S/C24H20N2O4/c1-17(27)30-22-13-11-19(12-14-22)18-7-9-20(10-8-18)24(29)26-23(28)15-16-25(26)21-5-3-2-4-6-21/h2-14H,15-16H2,1H3. The van der Waals surface area contributed by atoms with Crippen LogP contribution in [0, 0.1) is 0 Å². The highest BCUT2D eigenvalue weighted by molar-refractivity contribution is 6.07. The molecule has 30 heavy (non-hydrogen) atoms. The van der Waals surface area contributed by atoms with Crippen LogP contribution in [0.25, 0.3) is 11.1 Å². The Balaban J connectivity index is 1.54. The Morgan fingerprint density at radius 2 is 1.43 bits per heavy atom. The van der Waals surface area contributed by atoms with Crippen LogP contribution < -0.4 is 9.75 Å². The van der Waals surface area contributed by atoms with Crippen molar-refractivity contribution < 1.29 is 19.1 Å². The number of anilines is 1. The van der Waals surface area contributed by atoms with Gasteiger partial charge in [-0.05, 0) is 47.5 Å². The van der Waals surface area contributed by atoms with Gasteiger partial charge < -0.3 is 4.74 Å². The molecule has 2 amide bonds. The lowest BCUT2D eigenvalue weighted by molar-refractivity contribution is -0.132. The number of ether oxygens (including phenoxy) is 1. The molecule has 150 valence electrons. The first-order valence-corrected chi connectivity index (χ1v) is 9.61. The summed E-state index contributed by atoms with van der Waals surface area (Å²) >= 11 is 0. The van der Waals surface area contributed by atoms with E-state index >= 15 is 0 Å². The third-order valence-electron chi connectivity index (χ3n) is 4.84. The van der Waals surface area contributed by atoms with Crippen molar-refractivity contribution in [2.75, 3.05) is 11.6 Å². The van der Waals surface area contributed by atoms with Crippen LogP contribution in [0.4, 0.5) is 5.69 Å². The van der Waals surface area contributed by atoms with Crippen LogP contribution in [0.2, 0.25) is 0 Å². The minimum atomic E-state index is -0.369. The van der Waals surface area contributed by atoms with E-state index in [1.807, 2.05) is 54.6 Å². The summed E-state index contributed by atoms with van der Waals surface area (Å²) in [6.07, 6.45) is 0.299. The molecule has 0 N–H and O–H groups in total. The lowest BCUT2D eigenvalue weighted by atomic mass is 10.0. The van der Waals surface area contributed by atoms with E-state index in [2.05, 4.69) is 0 Å². The summed E-state index contributed by atoms with van der Waals surface area (Å²) in [5.74, 6) is -0.453. The van der Waals surface area contributed by atoms with Gasteiger partial charge >= 0.3 is 5.97 Å². The summed E-state index contributed by atoms with van der Waals surface area (Å²) in [5, 5.41) is 2.94. The summed E-state index contributed by atoms with van der Waals surface area (Å²) in [4.78, 5) is 36.5. The summed E-state index contributed by atoms with van der Waals surface area (Å²) in [6.45, 7) is 1.83. The third kappa shape index (κ3) is 3.93. The van der Waals surface area contributed by atoms with Gasteiger partial charge in [0, 0.05) is 25.5 Å². The molecular formula is C24H20N2O4. The Bertz CT molecular complexity index is 1080. The number of esters is 1. The maximum absolute atomic E-state index is 13.1. The molecule has 0 saturated carbocycles. The van der Waals surface area contributed by atoms with Gasteiger partial charge in [-0.1, -0.05) is 42.5 Å². The molecule has 1 heterocycles. The number of carbonyl (C=O) groups is 3. The average molecular weight is 400 g/mol. The largest absolute Gasteiger partial charge is 0.427 e. The Labute approximate surface area is 174 Å².